The lowest BCUT2D eigenvalue weighted by Crippen LogP contribution is -2.13. The zero-order valence-corrected chi connectivity index (χ0v) is 9.77. The maximum Gasteiger partial charge on any atom is 0.242 e. The molecule has 1 N–H and O–H groups in total. The molecule has 1 aromatic carbocycles. The summed E-state index contributed by atoms with van der Waals surface area (Å²) < 4.78 is 37.0. The number of sulfonamides is 1. The number of nitrogens with one attached hydrogen (secondary N) is 1. The van der Waals surface area contributed by atoms with Gasteiger partial charge in [-0.05, 0) is 18.2 Å². The largest absolute Gasteiger partial charge is 0.283 e. The van der Waals surface area contributed by atoms with Crippen LogP contribution in [-0.4, -0.2) is 13.1 Å². The van der Waals surface area contributed by atoms with Gasteiger partial charge in [-0.25, -0.2) is 12.8 Å². The van der Waals surface area contributed by atoms with Crippen LogP contribution in [0.1, 0.15) is 5.56 Å². The molecule has 4 nitrogen and oxygen atoms in total. The van der Waals surface area contributed by atoms with Gasteiger partial charge < -0.3 is 0 Å². The molecule has 80 valence electrons. The number of anilines is 1. The number of hydrogen-bond acceptors (Lipinski definition) is 3. The third-order valence-electron chi connectivity index (χ3n) is 1.50. The van der Waals surface area contributed by atoms with Gasteiger partial charge in [-0.15, -0.1) is 0 Å². The van der Waals surface area contributed by atoms with Crippen LogP contribution in [-0.2, 0) is 10.0 Å². The van der Waals surface area contributed by atoms with E-state index < -0.39 is 15.8 Å². The summed E-state index contributed by atoms with van der Waals surface area (Å²) in [5, 5.41) is 8.52. The van der Waals surface area contributed by atoms with Gasteiger partial charge in [0.15, 0.2) is 0 Å². The van der Waals surface area contributed by atoms with E-state index in [1.165, 1.54) is 6.07 Å². The van der Waals surface area contributed by atoms with Crippen LogP contribution in [0.15, 0.2) is 18.2 Å². The monoisotopic (exact) mass is 292 g/mol. The molecule has 1 aromatic rings. The summed E-state index contributed by atoms with van der Waals surface area (Å²) in [6, 6.07) is 5.03. The fourth-order valence-corrected chi connectivity index (χ4v) is 1.77. The van der Waals surface area contributed by atoms with E-state index in [1.54, 1.807) is 6.07 Å². The Morgan fingerprint density at radius 3 is 2.73 bits per heavy atom. The Labute approximate surface area is 94.9 Å². The molecule has 0 saturated carbocycles. The number of hydrogen-bond donors (Lipinski definition) is 1. The van der Waals surface area contributed by atoms with Crippen LogP contribution in [0.3, 0.4) is 0 Å². The molecule has 7 heteroatoms. The van der Waals surface area contributed by atoms with Crippen molar-refractivity contribution in [3.05, 3.63) is 29.6 Å². The number of halogens is 2. The maximum atomic E-state index is 12.9. The lowest BCUT2D eigenvalue weighted by atomic mass is 10.2. The van der Waals surface area contributed by atoms with Crippen LogP contribution < -0.4 is 4.72 Å². The van der Waals surface area contributed by atoms with Crippen LogP contribution >= 0.6 is 15.9 Å². The van der Waals surface area contributed by atoms with Crippen LogP contribution in [0.2, 0.25) is 0 Å². The summed E-state index contributed by atoms with van der Waals surface area (Å²) in [4.78, 5) is 0. The highest BCUT2D eigenvalue weighted by Gasteiger charge is 2.09. The van der Waals surface area contributed by atoms with Crippen molar-refractivity contribution in [2.75, 3.05) is 9.38 Å². The molecular weight excluding hydrogens is 287 g/mol. The molecule has 0 aliphatic rings. The second-order valence-electron chi connectivity index (χ2n) is 2.63. The van der Waals surface area contributed by atoms with E-state index in [1.807, 2.05) is 0 Å². The quantitative estimate of drug-likeness (QED) is 0.864. The first-order valence-corrected chi connectivity index (χ1v) is 6.52. The summed E-state index contributed by atoms with van der Waals surface area (Å²) in [6.45, 7) is 0. The van der Waals surface area contributed by atoms with Crippen LogP contribution in [0, 0.1) is 17.1 Å². The van der Waals surface area contributed by atoms with Gasteiger partial charge in [0, 0.05) is 0 Å². The number of benzene rings is 1. The van der Waals surface area contributed by atoms with Gasteiger partial charge in [-0.1, -0.05) is 15.9 Å². The van der Waals surface area contributed by atoms with Crippen LogP contribution in [0.5, 0.6) is 0 Å². The van der Waals surface area contributed by atoms with E-state index in [0.29, 0.717) is 0 Å². The number of rotatable bonds is 3. The number of nitriles is 1. The summed E-state index contributed by atoms with van der Waals surface area (Å²) in [7, 11) is -3.48. The first-order valence-electron chi connectivity index (χ1n) is 3.74. The van der Waals surface area contributed by atoms with Crippen LogP contribution in [0.4, 0.5) is 10.1 Å². The topological polar surface area (TPSA) is 70.0 Å². The van der Waals surface area contributed by atoms with Crippen molar-refractivity contribution in [1.82, 2.24) is 0 Å². The smallest absolute Gasteiger partial charge is 0.242 e. The fraction of sp³-hybridized carbons (Fsp3) is 0.125. The van der Waals surface area contributed by atoms with Crippen molar-refractivity contribution >= 4 is 31.6 Å². The SMILES string of the molecule is N#Cc1cc(NS(=O)(=O)CBr)ccc1F. The molecule has 0 fully saturated rings. The first kappa shape index (κ1) is 11.9. The lowest BCUT2D eigenvalue weighted by molar-refractivity contribution is 0.605. The summed E-state index contributed by atoms with van der Waals surface area (Å²) in [6.07, 6.45) is 0. The molecule has 0 aliphatic carbocycles. The summed E-state index contributed by atoms with van der Waals surface area (Å²) in [5.41, 5.74) is -0.0443. The lowest BCUT2D eigenvalue weighted by Gasteiger charge is -2.05. The van der Waals surface area contributed by atoms with Gasteiger partial charge in [0.2, 0.25) is 10.0 Å². The Morgan fingerprint density at radius 2 is 2.20 bits per heavy atom. The minimum atomic E-state index is -3.48. The molecule has 0 unspecified atom stereocenters. The minimum absolute atomic E-state index is 0.160. The van der Waals surface area contributed by atoms with Gasteiger partial charge in [0.1, 0.15) is 16.5 Å². The molecular formula is C8H6BrFN2O2S. The van der Waals surface area contributed by atoms with Crippen LogP contribution in [0.25, 0.3) is 0 Å². The Hall–Kier alpha value is -1.13. The van der Waals surface area contributed by atoms with E-state index in [4.69, 9.17) is 5.26 Å². The molecule has 0 aromatic heterocycles. The van der Waals surface area contributed by atoms with E-state index in [0.717, 1.165) is 12.1 Å². The van der Waals surface area contributed by atoms with Crippen molar-refractivity contribution < 1.29 is 12.8 Å². The third-order valence-corrected chi connectivity index (χ3v) is 4.15. The Kier molecular flexibility index (Phi) is 3.66. The second-order valence-corrected chi connectivity index (χ2v) is 5.66. The molecule has 0 atom stereocenters. The Balaban J connectivity index is 3.04. The van der Waals surface area contributed by atoms with Gasteiger partial charge in [0.05, 0.1) is 11.3 Å². The standard InChI is InChI=1S/C8H6BrFN2O2S/c9-5-15(13,14)12-7-1-2-8(10)6(3-7)4-11/h1-3,12H,5H2. The van der Waals surface area contributed by atoms with Crippen molar-refractivity contribution in [2.45, 2.75) is 0 Å². The molecule has 0 spiro atoms. The third kappa shape index (κ3) is 3.18. The van der Waals surface area contributed by atoms with Crippen molar-refractivity contribution in [1.29, 1.82) is 5.26 Å². The van der Waals surface area contributed by atoms with Gasteiger partial charge in [-0.3, -0.25) is 4.72 Å². The first-order chi connectivity index (χ1) is 6.98. The zero-order chi connectivity index (χ0) is 11.5. The van der Waals surface area contributed by atoms with E-state index >= 15 is 0 Å². The highest BCUT2D eigenvalue weighted by Crippen LogP contribution is 2.15. The highest BCUT2D eigenvalue weighted by molar-refractivity contribution is 9.10. The average Bonchev–Trinajstić information content (AvgIpc) is 2.20. The Morgan fingerprint density at radius 1 is 1.53 bits per heavy atom. The van der Waals surface area contributed by atoms with Crippen molar-refractivity contribution in [2.24, 2.45) is 0 Å². The van der Waals surface area contributed by atoms with Gasteiger partial charge in [-0.2, -0.15) is 5.26 Å². The van der Waals surface area contributed by atoms with E-state index in [2.05, 4.69) is 20.7 Å². The average molecular weight is 293 g/mol. The van der Waals surface area contributed by atoms with E-state index in [-0.39, 0.29) is 15.9 Å². The fourth-order valence-electron chi connectivity index (χ4n) is 0.881. The summed E-state index contributed by atoms with van der Waals surface area (Å²) >= 11 is 2.79. The Bertz CT molecular complexity index is 510. The number of alkyl halides is 1. The van der Waals surface area contributed by atoms with Gasteiger partial charge >= 0.3 is 0 Å². The second kappa shape index (κ2) is 4.59. The molecule has 15 heavy (non-hydrogen) atoms. The molecule has 0 saturated heterocycles. The number of nitrogens with zero attached hydrogens (tertiary/aromatic N) is 1. The normalized spacial score (nSPS) is 10.7. The molecule has 1 rings (SSSR count). The summed E-state index contributed by atoms with van der Waals surface area (Å²) in [5.74, 6) is -0.681. The molecule has 0 radical (unpaired) electrons. The zero-order valence-electron chi connectivity index (χ0n) is 7.37. The molecule has 0 heterocycles. The van der Waals surface area contributed by atoms with Gasteiger partial charge in [0.25, 0.3) is 0 Å². The highest BCUT2D eigenvalue weighted by atomic mass is 79.9. The predicted molar refractivity (Wildman–Crippen MR) is 57.5 cm³/mol. The predicted octanol–water partition coefficient (Wildman–Crippen LogP) is 1.79. The molecule has 0 amide bonds. The molecule has 0 bridgehead atoms. The van der Waals surface area contributed by atoms with Crippen molar-refractivity contribution in [3.8, 4) is 6.07 Å². The maximum absolute atomic E-state index is 12.9. The minimum Gasteiger partial charge on any atom is -0.283 e. The molecule has 0 aliphatic heterocycles. The van der Waals surface area contributed by atoms with Crippen molar-refractivity contribution in [3.63, 3.8) is 0 Å². The van der Waals surface area contributed by atoms with E-state index in [9.17, 15) is 12.8 Å².